The predicted octanol–water partition coefficient (Wildman–Crippen LogP) is 4.38. The minimum absolute atomic E-state index is 0.0532. The molecule has 1 aromatic heterocycles. The molecule has 6 nitrogen and oxygen atoms in total. The van der Waals surface area contributed by atoms with Crippen molar-refractivity contribution in [2.75, 3.05) is 4.72 Å². The summed E-state index contributed by atoms with van der Waals surface area (Å²) >= 11 is 1.29. The smallest absolute Gasteiger partial charge is 0.270 e. The van der Waals surface area contributed by atoms with E-state index in [1.807, 2.05) is 19.1 Å². The van der Waals surface area contributed by atoms with Gasteiger partial charge < -0.3 is 9.71 Å². The van der Waals surface area contributed by atoms with Crippen LogP contribution in [0.4, 0.5) is 11.4 Å². The van der Waals surface area contributed by atoms with Gasteiger partial charge in [-0.3, -0.25) is 10.1 Å². The first kappa shape index (κ1) is 14.9. The Morgan fingerprint density at radius 1 is 1.35 bits per heavy atom. The SMILES string of the molecule is Cc1ccc(NSc2cccc([N+](=O)[O-])c2)c2[nH]cc(C#N)c12. The van der Waals surface area contributed by atoms with Crippen LogP contribution in [0.25, 0.3) is 10.9 Å². The van der Waals surface area contributed by atoms with Crippen molar-refractivity contribution in [2.45, 2.75) is 11.8 Å². The molecule has 7 heteroatoms. The number of hydrogen-bond donors (Lipinski definition) is 2. The second-order valence-electron chi connectivity index (χ2n) is 4.95. The Kier molecular flexibility index (Phi) is 3.91. The molecule has 3 rings (SSSR count). The fourth-order valence-electron chi connectivity index (χ4n) is 2.37. The van der Waals surface area contributed by atoms with Crippen LogP contribution in [-0.4, -0.2) is 9.91 Å². The van der Waals surface area contributed by atoms with Crippen LogP contribution in [0, 0.1) is 28.4 Å². The number of benzene rings is 2. The summed E-state index contributed by atoms with van der Waals surface area (Å²) in [6.45, 7) is 1.95. The molecule has 0 atom stereocenters. The summed E-state index contributed by atoms with van der Waals surface area (Å²) in [6.07, 6.45) is 1.68. The summed E-state index contributed by atoms with van der Waals surface area (Å²) in [7, 11) is 0. The van der Waals surface area contributed by atoms with E-state index in [-0.39, 0.29) is 5.69 Å². The Labute approximate surface area is 136 Å². The van der Waals surface area contributed by atoms with E-state index in [2.05, 4.69) is 15.8 Å². The number of nitrogens with zero attached hydrogens (tertiary/aromatic N) is 2. The number of aryl methyl sites for hydroxylation is 1. The largest absolute Gasteiger partial charge is 0.358 e. The number of hydrogen-bond acceptors (Lipinski definition) is 5. The molecule has 0 radical (unpaired) electrons. The van der Waals surface area contributed by atoms with E-state index < -0.39 is 4.92 Å². The normalized spacial score (nSPS) is 10.4. The van der Waals surface area contributed by atoms with Gasteiger partial charge in [0.2, 0.25) is 0 Å². The zero-order valence-corrected chi connectivity index (χ0v) is 13.0. The van der Waals surface area contributed by atoms with Crippen LogP contribution in [0.3, 0.4) is 0 Å². The highest BCUT2D eigenvalue weighted by molar-refractivity contribution is 8.00. The number of nitriles is 1. The number of nitro benzene ring substituents is 1. The first-order chi connectivity index (χ1) is 11.1. The van der Waals surface area contributed by atoms with E-state index in [0.29, 0.717) is 5.56 Å². The molecule has 0 aliphatic carbocycles. The Morgan fingerprint density at radius 3 is 2.91 bits per heavy atom. The minimum Gasteiger partial charge on any atom is -0.358 e. The first-order valence-electron chi connectivity index (χ1n) is 6.78. The zero-order valence-electron chi connectivity index (χ0n) is 12.2. The van der Waals surface area contributed by atoms with Crippen LogP contribution in [-0.2, 0) is 0 Å². The third-order valence-electron chi connectivity index (χ3n) is 3.47. The lowest BCUT2D eigenvalue weighted by atomic mass is 10.1. The molecule has 0 fully saturated rings. The summed E-state index contributed by atoms with van der Waals surface area (Å²) in [4.78, 5) is 14.2. The van der Waals surface area contributed by atoms with E-state index in [4.69, 9.17) is 0 Å². The van der Waals surface area contributed by atoms with Crippen LogP contribution in [0.2, 0.25) is 0 Å². The van der Waals surface area contributed by atoms with Crippen molar-refractivity contribution in [1.82, 2.24) is 4.98 Å². The molecule has 0 saturated carbocycles. The molecule has 0 saturated heterocycles. The lowest BCUT2D eigenvalue weighted by Gasteiger charge is -2.08. The lowest BCUT2D eigenvalue weighted by molar-refractivity contribution is -0.385. The third kappa shape index (κ3) is 2.84. The van der Waals surface area contributed by atoms with E-state index in [1.165, 1.54) is 24.1 Å². The Bertz CT molecular complexity index is 943. The van der Waals surface area contributed by atoms with Crippen molar-refractivity contribution < 1.29 is 4.92 Å². The van der Waals surface area contributed by atoms with Crippen molar-refractivity contribution in [3.05, 3.63) is 63.8 Å². The number of anilines is 1. The van der Waals surface area contributed by atoms with Crippen LogP contribution in [0.5, 0.6) is 0 Å². The van der Waals surface area contributed by atoms with Gasteiger partial charge in [-0.25, -0.2) is 0 Å². The Morgan fingerprint density at radius 2 is 2.17 bits per heavy atom. The van der Waals surface area contributed by atoms with Gasteiger partial charge in [0.05, 0.1) is 21.7 Å². The van der Waals surface area contributed by atoms with Gasteiger partial charge in [-0.05, 0) is 36.6 Å². The van der Waals surface area contributed by atoms with Gasteiger partial charge in [-0.15, -0.1) is 0 Å². The van der Waals surface area contributed by atoms with Crippen LogP contribution < -0.4 is 4.72 Å². The summed E-state index contributed by atoms with van der Waals surface area (Å²) in [6, 6.07) is 12.4. The molecule has 0 amide bonds. The molecule has 0 bridgehead atoms. The van der Waals surface area contributed by atoms with Crippen LogP contribution >= 0.6 is 11.9 Å². The highest BCUT2D eigenvalue weighted by Gasteiger charge is 2.11. The van der Waals surface area contributed by atoms with E-state index in [1.54, 1.807) is 18.3 Å². The third-order valence-corrected chi connectivity index (χ3v) is 4.28. The number of nitro groups is 1. The van der Waals surface area contributed by atoms with Gasteiger partial charge >= 0.3 is 0 Å². The molecular weight excluding hydrogens is 312 g/mol. The maximum Gasteiger partial charge on any atom is 0.270 e. The Balaban J connectivity index is 1.90. The van der Waals surface area contributed by atoms with Gasteiger partial charge in [0.1, 0.15) is 6.07 Å². The molecule has 2 N–H and O–H groups in total. The van der Waals surface area contributed by atoms with Crippen molar-refractivity contribution in [2.24, 2.45) is 0 Å². The first-order valence-corrected chi connectivity index (χ1v) is 7.60. The fourth-order valence-corrected chi connectivity index (χ4v) is 3.09. The van der Waals surface area contributed by atoms with E-state index in [9.17, 15) is 15.4 Å². The van der Waals surface area contributed by atoms with Crippen molar-refractivity contribution in [1.29, 1.82) is 5.26 Å². The van der Waals surface area contributed by atoms with Crippen LogP contribution in [0.15, 0.2) is 47.5 Å². The summed E-state index contributed by atoms with van der Waals surface area (Å²) in [5, 5.41) is 20.9. The second-order valence-corrected chi connectivity index (χ2v) is 5.83. The zero-order chi connectivity index (χ0) is 16.4. The highest BCUT2D eigenvalue weighted by Crippen LogP contribution is 2.32. The van der Waals surface area contributed by atoms with Gasteiger partial charge in [0.25, 0.3) is 5.69 Å². The number of fused-ring (bicyclic) bond motifs is 1. The standard InChI is InChI=1S/C16H12N4O2S/c1-10-5-6-14(16-15(10)11(8-17)9-18-16)19-23-13-4-2-3-12(7-13)20(21)22/h2-7,9,18-19H,1H3. The second kappa shape index (κ2) is 6.02. The predicted molar refractivity (Wildman–Crippen MR) is 90.3 cm³/mol. The summed E-state index contributed by atoms with van der Waals surface area (Å²) < 4.78 is 3.19. The van der Waals surface area contributed by atoms with Gasteiger partial charge in [0, 0.05) is 28.6 Å². The fraction of sp³-hybridized carbons (Fsp3) is 0.0625. The average molecular weight is 324 g/mol. The maximum absolute atomic E-state index is 10.8. The highest BCUT2D eigenvalue weighted by atomic mass is 32.2. The molecule has 114 valence electrons. The molecule has 23 heavy (non-hydrogen) atoms. The van der Waals surface area contributed by atoms with Crippen molar-refractivity contribution >= 4 is 34.2 Å². The quantitative estimate of drug-likeness (QED) is 0.422. The number of rotatable bonds is 4. The topological polar surface area (TPSA) is 94.8 Å². The summed E-state index contributed by atoms with van der Waals surface area (Å²) in [5.41, 5.74) is 3.34. The van der Waals surface area contributed by atoms with E-state index >= 15 is 0 Å². The van der Waals surface area contributed by atoms with Gasteiger partial charge in [0.15, 0.2) is 0 Å². The molecule has 0 aliphatic rings. The molecule has 0 spiro atoms. The monoisotopic (exact) mass is 324 g/mol. The number of aromatic amines is 1. The number of non-ortho nitro benzene ring substituents is 1. The summed E-state index contributed by atoms with van der Waals surface area (Å²) in [5.74, 6) is 0. The molecule has 0 unspecified atom stereocenters. The number of nitrogens with one attached hydrogen (secondary N) is 2. The molecule has 0 aliphatic heterocycles. The maximum atomic E-state index is 10.8. The average Bonchev–Trinajstić information content (AvgIpc) is 2.99. The number of H-pyrrole nitrogens is 1. The molecule has 2 aromatic carbocycles. The lowest BCUT2D eigenvalue weighted by Crippen LogP contribution is -1.91. The van der Waals surface area contributed by atoms with Crippen molar-refractivity contribution in [3.63, 3.8) is 0 Å². The van der Waals surface area contributed by atoms with Crippen molar-refractivity contribution in [3.8, 4) is 6.07 Å². The van der Waals surface area contributed by atoms with Crippen LogP contribution in [0.1, 0.15) is 11.1 Å². The Hall–Kier alpha value is -2.98. The molecular formula is C16H12N4O2S. The molecule has 1 heterocycles. The number of aromatic nitrogens is 1. The van der Waals surface area contributed by atoms with E-state index in [0.717, 1.165) is 27.0 Å². The van der Waals surface area contributed by atoms with Gasteiger partial charge in [-0.1, -0.05) is 12.1 Å². The minimum atomic E-state index is -0.418. The van der Waals surface area contributed by atoms with Gasteiger partial charge in [-0.2, -0.15) is 5.26 Å². The molecule has 3 aromatic rings.